The fourth-order valence-corrected chi connectivity index (χ4v) is 5.77. The van der Waals surface area contributed by atoms with Crippen LogP contribution in [0.3, 0.4) is 0 Å². The number of rotatable bonds is 10. The van der Waals surface area contributed by atoms with Crippen LogP contribution in [-0.4, -0.2) is 82.0 Å². The quantitative estimate of drug-likeness (QED) is 0.544. The van der Waals surface area contributed by atoms with Crippen LogP contribution in [0.4, 0.5) is 0 Å². The number of nitrogens with zero attached hydrogens (tertiary/aromatic N) is 3. The van der Waals surface area contributed by atoms with E-state index in [1.165, 1.54) is 0 Å². The smallest absolute Gasteiger partial charge is 0.243 e. The third kappa shape index (κ3) is 5.48. The molecule has 1 aromatic rings. The Bertz CT molecular complexity index is 818. The Hall–Kier alpha value is -1.67. The molecule has 29 heavy (non-hydrogen) atoms. The molecule has 162 valence electrons. The Kier molecular flexibility index (Phi) is 8.46. The van der Waals surface area contributed by atoms with Gasteiger partial charge in [0.15, 0.2) is 0 Å². The summed E-state index contributed by atoms with van der Waals surface area (Å²) in [6.45, 7) is 19.2. The first kappa shape index (κ1) is 23.6. The van der Waals surface area contributed by atoms with Crippen molar-refractivity contribution < 1.29 is 13.2 Å². The molecule has 7 heteroatoms. The van der Waals surface area contributed by atoms with Gasteiger partial charge >= 0.3 is 0 Å². The average Bonchev–Trinajstić information content (AvgIpc) is 2.69. The fourth-order valence-electron chi connectivity index (χ4n) is 3.86. The first-order valence-electron chi connectivity index (χ1n) is 10.1. The third-order valence-corrected chi connectivity index (χ3v) is 7.82. The molecule has 0 aliphatic carbocycles. The fraction of sp³-hybridized carbons (Fsp3) is 0.545. The van der Waals surface area contributed by atoms with Crippen LogP contribution < -0.4 is 4.74 Å². The van der Waals surface area contributed by atoms with E-state index in [0.29, 0.717) is 18.0 Å². The molecule has 1 saturated heterocycles. The minimum Gasteiger partial charge on any atom is -0.496 e. The summed E-state index contributed by atoms with van der Waals surface area (Å²) in [5, 5.41) is 0. The van der Waals surface area contributed by atoms with Crippen molar-refractivity contribution in [2.75, 3.05) is 59.5 Å². The highest BCUT2D eigenvalue weighted by atomic mass is 32.2. The molecule has 0 saturated carbocycles. The van der Waals surface area contributed by atoms with Gasteiger partial charge in [-0.3, -0.25) is 9.80 Å². The Labute approximate surface area is 176 Å². The normalized spacial score (nSPS) is 16.2. The second-order valence-corrected chi connectivity index (χ2v) is 9.43. The molecule has 1 aliphatic rings. The van der Waals surface area contributed by atoms with Crippen LogP contribution >= 0.6 is 0 Å². The molecule has 1 aliphatic heterocycles. The molecule has 0 atom stereocenters. The second-order valence-electron chi connectivity index (χ2n) is 7.56. The predicted molar refractivity (Wildman–Crippen MR) is 119 cm³/mol. The molecule has 0 bridgehead atoms. The number of piperazine rings is 1. The van der Waals surface area contributed by atoms with E-state index in [9.17, 15) is 8.42 Å². The van der Waals surface area contributed by atoms with Crippen LogP contribution in [0, 0.1) is 20.8 Å². The molecular formula is C22H35N3O3S. The first-order valence-corrected chi connectivity index (χ1v) is 11.5. The Morgan fingerprint density at radius 2 is 1.66 bits per heavy atom. The van der Waals surface area contributed by atoms with Gasteiger partial charge in [0.1, 0.15) is 5.75 Å². The lowest BCUT2D eigenvalue weighted by Crippen LogP contribution is -2.50. The predicted octanol–water partition coefficient (Wildman–Crippen LogP) is 2.60. The van der Waals surface area contributed by atoms with Gasteiger partial charge in [-0.15, -0.1) is 13.2 Å². The maximum Gasteiger partial charge on any atom is 0.243 e. The van der Waals surface area contributed by atoms with Crippen LogP contribution in [0.2, 0.25) is 0 Å². The van der Waals surface area contributed by atoms with E-state index >= 15 is 0 Å². The van der Waals surface area contributed by atoms with Crippen molar-refractivity contribution in [1.82, 2.24) is 14.1 Å². The van der Waals surface area contributed by atoms with E-state index < -0.39 is 10.0 Å². The molecular weight excluding hydrogens is 386 g/mol. The number of methoxy groups -OCH3 is 1. The van der Waals surface area contributed by atoms with Crippen molar-refractivity contribution in [2.24, 2.45) is 0 Å². The number of benzene rings is 1. The van der Waals surface area contributed by atoms with Crippen molar-refractivity contribution >= 4 is 10.0 Å². The Balaban J connectivity index is 2.06. The van der Waals surface area contributed by atoms with Gasteiger partial charge in [-0.1, -0.05) is 12.2 Å². The van der Waals surface area contributed by atoms with E-state index in [1.807, 2.05) is 39.0 Å². The number of sulfonamides is 1. The van der Waals surface area contributed by atoms with E-state index in [4.69, 9.17) is 4.74 Å². The molecule has 0 N–H and O–H groups in total. The van der Waals surface area contributed by atoms with Gasteiger partial charge in [0, 0.05) is 52.4 Å². The first-order chi connectivity index (χ1) is 13.8. The number of ether oxygens (including phenoxy) is 1. The summed E-state index contributed by atoms with van der Waals surface area (Å²) < 4.78 is 33.7. The van der Waals surface area contributed by atoms with Crippen molar-refractivity contribution in [3.8, 4) is 5.75 Å². The van der Waals surface area contributed by atoms with Gasteiger partial charge in [0.2, 0.25) is 10.0 Å². The van der Waals surface area contributed by atoms with Crippen LogP contribution in [0.15, 0.2) is 36.3 Å². The minimum absolute atomic E-state index is 0.424. The molecule has 2 rings (SSSR count). The van der Waals surface area contributed by atoms with Crippen molar-refractivity contribution in [3.05, 3.63) is 48.1 Å². The summed E-state index contributed by atoms with van der Waals surface area (Å²) in [6, 6.07) is 1.82. The maximum absolute atomic E-state index is 13.4. The van der Waals surface area contributed by atoms with Gasteiger partial charge in [0.05, 0.1) is 12.0 Å². The summed E-state index contributed by atoms with van der Waals surface area (Å²) in [6.07, 6.45) is 3.80. The standard InChI is InChI=1S/C22H35N3O3S/c1-7-9-23(10-8-2)11-12-24-13-15-25(16-14-24)29(26,27)22-18(3)17-21(28-6)19(4)20(22)5/h7-8,17H,1-2,9-16H2,3-6H3. The van der Waals surface area contributed by atoms with Gasteiger partial charge in [-0.05, 0) is 43.5 Å². The van der Waals surface area contributed by atoms with Gasteiger partial charge in [0.25, 0.3) is 0 Å². The largest absolute Gasteiger partial charge is 0.496 e. The van der Waals surface area contributed by atoms with E-state index in [0.717, 1.165) is 61.7 Å². The average molecular weight is 422 g/mol. The number of aryl methyl sites for hydroxylation is 1. The zero-order valence-corrected chi connectivity index (χ0v) is 19.1. The lowest BCUT2D eigenvalue weighted by atomic mass is 10.1. The third-order valence-electron chi connectivity index (χ3n) is 5.63. The Morgan fingerprint density at radius 1 is 1.07 bits per heavy atom. The number of hydrogen-bond donors (Lipinski definition) is 0. The van der Waals surface area contributed by atoms with E-state index in [2.05, 4.69) is 23.0 Å². The molecule has 0 unspecified atom stereocenters. The minimum atomic E-state index is -3.53. The summed E-state index contributed by atoms with van der Waals surface area (Å²) in [7, 11) is -1.92. The maximum atomic E-state index is 13.4. The molecule has 1 fully saturated rings. The molecule has 1 aromatic carbocycles. The summed E-state index contributed by atoms with van der Waals surface area (Å²) in [4.78, 5) is 5.02. The van der Waals surface area contributed by atoms with E-state index in [-0.39, 0.29) is 0 Å². The van der Waals surface area contributed by atoms with Crippen molar-refractivity contribution in [1.29, 1.82) is 0 Å². The van der Waals surface area contributed by atoms with E-state index in [1.54, 1.807) is 11.4 Å². The van der Waals surface area contributed by atoms with Gasteiger partial charge < -0.3 is 4.74 Å². The van der Waals surface area contributed by atoms with Crippen molar-refractivity contribution in [2.45, 2.75) is 25.7 Å². The Morgan fingerprint density at radius 3 is 2.17 bits per heavy atom. The topological polar surface area (TPSA) is 53.1 Å². The molecule has 6 nitrogen and oxygen atoms in total. The highest BCUT2D eigenvalue weighted by Gasteiger charge is 2.31. The highest BCUT2D eigenvalue weighted by Crippen LogP contribution is 2.32. The van der Waals surface area contributed by atoms with Crippen LogP contribution in [0.5, 0.6) is 5.75 Å². The highest BCUT2D eigenvalue weighted by molar-refractivity contribution is 7.89. The zero-order valence-electron chi connectivity index (χ0n) is 18.3. The monoisotopic (exact) mass is 421 g/mol. The lowest BCUT2D eigenvalue weighted by molar-refractivity contribution is 0.167. The van der Waals surface area contributed by atoms with Gasteiger partial charge in [-0.2, -0.15) is 4.31 Å². The molecule has 1 heterocycles. The molecule has 0 radical (unpaired) electrons. The lowest BCUT2D eigenvalue weighted by Gasteiger charge is -2.35. The summed E-state index contributed by atoms with van der Waals surface area (Å²) >= 11 is 0. The molecule has 0 amide bonds. The molecule has 0 aromatic heterocycles. The van der Waals surface area contributed by atoms with Crippen LogP contribution in [0.25, 0.3) is 0 Å². The summed E-state index contributed by atoms with van der Waals surface area (Å²) in [5.41, 5.74) is 2.38. The van der Waals surface area contributed by atoms with Crippen LogP contribution in [0.1, 0.15) is 16.7 Å². The zero-order chi connectivity index (χ0) is 21.6. The van der Waals surface area contributed by atoms with Crippen LogP contribution in [-0.2, 0) is 10.0 Å². The summed E-state index contributed by atoms with van der Waals surface area (Å²) in [5.74, 6) is 0.729. The number of hydrogen-bond acceptors (Lipinski definition) is 5. The molecule has 0 spiro atoms. The second kappa shape index (κ2) is 10.4. The van der Waals surface area contributed by atoms with Gasteiger partial charge in [-0.25, -0.2) is 8.42 Å². The SMILES string of the molecule is C=CCN(CC=C)CCN1CCN(S(=O)(=O)c2c(C)cc(OC)c(C)c2C)CC1. The van der Waals surface area contributed by atoms with Crippen molar-refractivity contribution in [3.63, 3.8) is 0 Å².